The van der Waals surface area contributed by atoms with E-state index in [2.05, 4.69) is 28.4 Å². The van der Waals surface area contributed by atoms with Crippen LogP contribution in [0.4, 0.5) is 16.4 Å². The highest BCUT2D eigenvalue weighted by molar-refractivity contribution is 8.24. The Morgan fingerprint density at radius 1 is 1.10 bits per heavy atom. The lowest BCUT2D eigenvalue weighted by Crippen LogP contribution is -2.22. The number of hydrogen-bond acceptors (Lipinski definition) is 5. The highest BCUT2D eigenvalue weighted by Gasteiger charge is 2.41. The van der Waals surface area contributed by atoms with Crippen molar-refractivity contribution < 1.29 is 4.79 Å². The summed E-state index contributed by atoms with van der Waals surface area (Å²) in [5.41, 5.74) is 10.9. The van der Waals surface area contributed by atoms with Gasteiger partial charge in [0, 0.05) is 21.9 Å². The van der Waals surface area contributed by atoms with Crippen LogP contribution in [0.1, 0.15) is 26.0 Å². The number of para-hydroxylation sites is 2. The Hall–Kier alpha value is -2.61. The molecule has 0 saturated carbocycles. The van der Waals surface area contributed by atoms with Gasteiger partial charge in [-0.2, -0.15) is 0 Å². The summed E-state index contributed by atoms with van der Waals surface area (Å²) >= 11 is 8.83. The second-order valence-corrected chi connectivity index (χ2v) is 9.59. The molecule has 1 aliphatic carbocycles. The third kappa shape index (κ3) is 3.15. The minimum absolute atomic E-state index is 0.0806. The zero-order chi connectivity index (χ0) is 20.0. The summed E-state index contributed by atoms with van der Waals surface area (Å²) in [5.74, 6) is -0.159. The number of nitrogens with one attached hydrogen (secondary N) is 1. The van der Waals surface area contributed by atoms with Gasteiger partial charge in [-0.15, -0.1) is 11.3 Å². The molecule has 29 heavy (non-hydrogen) atoms. The van der Waals surface area contributed by atoms with Crippen LogP contribution in [0.15, 0.2) is 72.4 Å². The van der Waals surface area contributed by atoms with E-state index in [0.29, 0.717) is 17.0 Å². The van der Waals surface area contributed by atoms with Crippen molar-refractivity contribution in [2.75, 3.05) is 16.0 Å². The Kier molecular flexibility index (Phi) is 4.66. The van der Waals surface area contributed by atoms with Crippen molar-refractivity contribution in [3.05, 3.63) is 88.4 Å². The monoisotopic (exact) mass is 435 g/mol. The lowest BCUT2D eigenvalue weighted by molar-refractivity contribution is 0.102. The first-order valence-electron chi connectivity index (χ1n) is 9.17. The lowest BCUT2D eigenvalue weighted by atomic mass is 9.97. The number of anilines is 3. The molecule has 0 radical (unpaired) electrons. The molecule has 1 saturated heterocycles. The molecule has 2 aromatic carbocycles. The first kappa shape index (κ1) is 18.4. The zero-order valence-electron chi connectivity index (χ0n) is 15.3. The summed E-state index contributed by atoms with van der Waals surface area (Å²) in [4.78, 5) is 16.2. The average molecular weight is 436 g/mol. The minimum Gasteiger partial charge on any atom is -0.390 e. The van der Waals surface area contributed by atoms with Crippen LogP contribution < -0.4 is 16.0 Å². The maximum absolute atomic E-state index is 13.0. The predicted octanol–water partition coefficient (Wildman–Crippen LogP) is 5.60. The third-order valence-corrected chi connectivity index (χ3v) is 7.86. The number of nitrogens with two attached hydrogens (primary N) is 1. The van der Waals surface area contributed by atoms with Crippen molar-refractivity contribution in [2.24, 2.45) is 0 Å². The van der Waals surface area contributed by atoms with Crippen LogP contribution in [0, 0.1) is 0 Å². The summed E-state index contributed by atoms with van der Waals surface area (Å²) < 4.78 is 0.822. The van der Waals surface area contributed by atoms with Crippen molar-refractivity contribution in [3.63, 3.8) is 0 Å². The van der Waals surface area contributed by atoms with Gasteiger partial charge in [0.2, 0.25) is 0 Å². The summed E-state index contributed by atoms with van der Waals surface area (Å²) in [6, 6.07) is 19.6. The molecule has 2 heterocycles. The molecule has 144 valence electrons. The first-order valence-corrected chi connectivity index (χ1v) is 11.3. The van der Waals surface area contributed by atoms with Gasteiger partial charge in [0.05, 0.1) is 15.8 Å². The van der Waals surface area contributed by atoms with E-state index in [0.717, 1.165) is 31.8 Å². The molecule has 1 aliphatic heterocycles. The molecule has 1 aromatic heterocycles. The van der Waals surface area contributed by atoms with Gasteiger partial charge >= 0.3 is 0 Å². The molecular weight excluding hydrogens is 418 g/mol. The van der Waals surface area contributed by atoms with Gasteiger partial charge in [-0.1, -0.05) is 66.5 Å². The number of nitrogen functional groups attached to an aromatic ring is 1. The number of benzene rings is 2. The Bertz CT molecular complexity index is 1140. The molecule has 4 nitrogen and oxygen atoms in total. The van der Waals surface area contributed by atoms with Crippen LogP contribution in [0.3, 0.4) is 0 Å². The van der Waals surface area contributed by atoms with Gasteiger partial charge in [0.15, 0.2) is 0 Å². The van der Waals surface area contributed by atoms with E-state index in [9.17, 15) is 4.79 Å². The second-order valence-electron chi connectivity index (χ2n) is 6.77. The Balaban J connectivity index is 1.49. The molecule has 1 unspecified atom stereocenters. The first-order chi connectivity index (χ1) is 14.1. The van der Waals surface area contributed by atoms with Gasteiger partial charge < -0.3 is 11.1 Å². The van der Waals surface area contributed by atoms with Crippen LogP contribution >= 0.6 is 35.3 Å². The molecule has 3 N–H and O–H groups in total. The average Bonchev–Trinajstić information content (AvgIpc) is 3.25. The highest BCUT2D eigenvalue weighted by Crippen LogP contribution is 2.54. The van der Waals surface area contributed by atoms with E-state index in [4.69, 9.17) is 18.0 Å². The SMILES string of the molecule is Nc1sc2c(c1C(=O)Nc1ccccc1)CC=C1C2SC(=S)N1c1ccccc1. The fourth-order valence-corrected chi connectivity index (χ4v) is 6.71. The maximum atomic E-state index is 13.0. The van der Waals surface area contributed by atoms with Gasteiger partial charge in [-0.05, 0) is 36.2 Å². The minimum atomic E-state index is -0.159. The molecule has 1 fully saturated rings. The van der Waals surface area contributed by atoms with Gasteiger partial charge in [0.1, 0.15) is 4.32 Å². The molecule has 1 amide bonds. The largest absolute Gasteiger partial charge is 0.390 e. The van der Waals surface area contributed by atoms with Gasteiger partial charge in [0.25, 0.3) is 5.91 Å². The number of fused-ring (bicyclic) bond motifs is 3. The van der Waals surface area contributed by atoms with E-state index >= 15 is 0 Å². The number of hydrogen-bond donors (Lipinski definition) is 2. The molecule has 1 atom stereocenters. The van der Waals surface area contributed by atoms with Crippen LogP contribution in [-0.2, 0) is 6.42 Å². The van der Waals surface area contributed by atoms with Crippen molar-refractivity contribution in [2.45, 2.75) is 11.7 Å². The normalized spacial score (nSPS) is 17.5. The molecule has 7 heteroatoms. The highest BCUT2D eigenvalue weighted by atomic mass is 32.2. The molecule has 2 aliphatic rings. The number of carbonyl (C=O) groups excluding carboxylic acids is 1. The summed E-state index contributed by atoms with van der Waals surface area (Å²) in [6.07, 6.45) is 2.84. The number of carbonyl (C=O) groups is 1. The number of amides is 1. The van der Waals surface area contributed by atoms with Crippen LogP contribution in [0.25, 0.3) is 0 Å². The number of nitrogens with zero attached hydrogens (tertiary/aromatic N) is 1. The summed E-state index contributed by atoms with van der Waals surface area (Å²) in [7, 11) is 0. The van der Waals surface area contributed by atoms with Crippen LogP contribution in [-0.4, -0.2) is 10.2 Å². The fourth-order valence-electron chi connectivity index (χ4n) is 3.74. The molecule has 0 bridgehead atoms. The number of rotatable bonds is 3. The van der Waals surface area contributed by atoms with E-state index in [1.165, 1.54) is 11.3 Å². The number of thiocarbonyl (C=S) groups is 1. The standard InChI is InChI=1S/C22H17N3OS3/c23-20-17(21(26)24-13-7-3-1-4-8-13)15-11-12-16-19(18(15)28-20)29-22(27)25(16)14-9-5-2-6-10-14/h1-10,12,19H,11,23H2,(H,24,26). The van der Waals surface area contributed by atoms with Crippen molar-refractivity contribution in [1.29, 1.82) is 0 Å². The van der Waals surface area contributed by atoms with Gasteiger partial charge in [-0.25, -0.2) is 0 Å². The van der Waals surface area contributed by atoms with E-state index in [-0.39, 0.29) is 11.2 Å². The van der Waals surface area contributed by atoms with Crippen molar-refractivity contribution in [1.82, 2.24) is 0 Å². The van der Waals surface area contributed by atoms with Crippen LogP contribution in [0.5, 0.6) is 0 Å². The number of thioether (sulfide) groups is 1. The summed E-state index contributed by atoms with van der Waals surface area (Å²) in [6.45, 7) is 0. The molecule has 5 rings (SSSR count). The molecule has 0 spiro atoms. The Labute approximate surface area is 182 Å². The predicted molar refractivity (Wildman–Crippen MR) is 127 cm³/mol. The number of thiophene rings is 1. The Morgan fingerprint density at radius 3 is 2.52 bits per heavy atom. The quantitative estimate of drug-likeness (QED) is 0.524. The topological polar surface area (TPSA) is 58.4 Å². The van der Waals surface area contributed by atoms with Crippen molar-refractivity contribution >= 4 is 61.9 Å². The van der Waals surface area contributed by atoms with Crippen LogP contribution in [0.2, 0.25) is 0 Å². The summed E-state index contributed by atoms with van der Waals surface area (Å²) in [5, 5.41) is 3.60. The number of allylic oxidation sites excluding steroid dienone is 1. The maximum Gasteiger partial charge on any atom is 0.258 e. The lowest BCUT2D eigenvalue weighted by Gasteiger charge is -2.24. The second kappa shape index (κ2) is 7.33. The van der Waals surface area contributed by atoms with Crippen molar-refractivity contribution in [3.8, 4) is 0 Å². The molecule has 3 aromatic rings. The van der Waals surface area contributed by atoms with E-state index in [1.54, 1.807) is 11.8 Å². The van der Waals surface area contributed by atoms with E-state index < -0.39 is 0 Å². The fraction of sp³-hybridized carbons (Fsp3) is 0.0909. The zero-order valence-corrected chi connectivity index (χ0v) is 17.7. The third-order valence-electron chi connectivity index (χ3n) is 5.02. The Morgan fingerprint density at radius 2 is 1.79 bits per heavy atom. The smallest absolute Gasteiger partial charge is 0.258 e. The van der Waals surface area contributed by atoms with E-state index in [1.807, 2.05) is 48.5 Å². The van der Waals surface area contributed by atoms with Gasteiger partial charge in [-0.3, -0.25) is 9.69 Å². The molecular formula is C22H17N3OS3.